The minimum atomic E-state index is -4.67. The zero-order chi connectivity index (χ0) is 57.2. The molecule has 5 fully saturated rings. The second-order valence-electron chi connectivity index (χ2n) is 19.7. The number of amides is 2. The molecule has 0 spiro atoms. The van der Waals surface area contributed by atoms with Gasteiger partial charge in [0.25, 0.3) is 21.8 Å². The molecule has 2 amide bonds. The maximum absolute atomic E-state index is 14.7. The van der Waals surface area contributed by atoms with Crippen LogP contribution in [0.25, 0.3) is 22.3 Å². The number of ether oxygens (including phenoxy) is 2. The van der Waals surface area contributed by atoms with Gasteiger partial charge in [-0.3, -0.25) is 28.7 Å². The Kier molecular flexibility index (Phi) is 17.1. The summed E-state index contributed by atoms with van der Waals surface area (Å²) in [4.78, 5) is 61.3. The molecule has 6 aromatic rings. The van der Waals surface area contributed by atoms with Crippen LogP contribution in [0.3, 0.4) is 0 Å². The first-order valence-electron chi connectivity index (χ1n) is 25.3. The number of phenols is 1. The van der Waals surface area contributed by atoms with Crippen molar-refractivity contribution in [1.29, 1.82) is 0 Å². The van der Waals surface area contributed by atoms with Gasteiger partial charge >= 0.3 is 17.9 Å². The van der Waals surface area contributed by atoms with E-state index in [1.165, 1.54) is 21.9 Å². The number of sulfonamides is 1. The van der Waals surface area contributed by atoms with Crippen LogP contribution in [0, 0.1) is 41.0 Å². The molecule has 2 N–H and O–H groups in total. The quantitative estimate of drug-likeness (QED) is 0.0451. The summed E-state index contributed by atoms with van der Waals surface area (Å²) in [7, 11) is -9.01. The monoisotopic (exact) mass is 1180 g/mol. The predicted octanol–water partition coefficient (Wildman–Crippen LogP) is 10.9. The van der Waals surface area contributed by atoms with Gasteiger partial charge in [-0.15, -0.1) is 0 Å². The Morgan fingerprint density at radius 2 is 1.01 bits per heavy atom. The summed E-state index contributed by atoms with van der Waals surface area (Å²) in [6.07, 6.45) is 6.46. The summed E-state index contributed by atoms with van der Waals surface area (Å²) >= 11 is 12.3. The van der Waals surface area contributed by atoms with Crippen molar-refractivity contribution in [3.63, 3.8) is 0 Å². The molecule has 0 aromatic heterocycles. The van der Waals surface area contributed by atoms with Crippen molar-refractivity contribution in [2.24, 2.45) is 17.8 Å². The molecule has 6 aromatic carbocycles. The van der Waals surface area contributed by atoms with Crippen LogP contribution in [0.4, 0.5) is 23.2 Å². The minimum Gasteiger partial charge on any atom is -0.505 e. The molecular formula is C57H49Cl2F4N3O12S2. The number of halogens is 6. The molecule has 5 aliphatic rings. The lowest BCUT2D eigenvalue weighted by atomic mass is 10.0. The van der Waals surface area contributed by atoms with E-state index in [0.29, 0.717) is 62.3 Å². The lowest BCUT2D eigenvalue weighted by Gasteiger charge is -2.31. The van der Waals surface area contributed by atoms with E-state index in [9.17, 15) is 63.5 Å². The van der Waals surface area contributed by atoms with Crippen molar-refractivity contribution < 1.29 is 73.0 Å². The number of phenolic OH excluding ortho intramolecular Hbond substituents is 1. The minimum absolute atomic E-state index is 0.00984. The molecule has 3 saturated carbocycles. The number of anilines is 1. The molecule has 0 atom stereocenters. The van der Waals surface area contributed by atoms with Crippen LogP contribution >= 0.6 is 23.2 Å². The van der Waals surface area contributed by atoms with Gasteiger partial charge in [0.1, 0.15) is 33.1 Å². The summed E-state index contributed by atoms with van der Waals surface area (Å²) in [5.41, 5.74) is 0.0504. The Labute approximate surface area is 467 Å². The molecule has 15 nitrogen and oxygen atoms in total. The number of hydrogen-bond donors (Lipinski definition) is 2. The van der Waals surface area contributed by atoms with Gasteiger partial charge in [0.05, 0.1) is 39.2 Å². The molecular weight excluding hydrogens is 1130 g/mol. The number of nitrogens with zero attached hydrogens (tertiary/aromatic N) is 2. The third-order valence-corrected chi connectivity index (χ3v) is 17.1. The van der Waals surface area contributed by atoms with Gasteiger partial charge in [-0.2, -0.15) is 0 Å². The maximum Gasteiger partial charge on any atom is 0.316 e. The van der Waals surface area contributed by atoms with Gasteiger partial charge in [-0.25, -0.2) is 34.4 Å². The number of carbonyl (C=O) groups excluding carboxylic acids is 5. The highest BCUT2D eigenvalue weighted by Gasteiger charge is 2.39. The maximum atomic E-state index is 14.7. The predicted molar refractivity (Wildman–Crippen MR) is 286 cm³/mol. The largest absolute Gasteiger partial charge is 0.505 e. The van der Waals surface area contributed by atoms with E-state index in [1.807, 2.05) is 0 Å². The summed E-state index contributed by atoms with van der Waals surface area (Å²) in [6, 6.07) is 24.4. The number of sulfone groups is 1. The van der Waals surface area contributed by atoms with Crippen molar-refractivity contribution >= 4 is 78.5 Å². The standard InChI is InChI=1S/C26H21ClF2N2O5S.C23H18ClF2NO4S.C8H10O3/c27-19-11-17(25(32)31-9-4-10-31)12-23(24(19)36-26(33)16-7-8-16)37(34,35)30-22-13-18(20(28)14-21(22)29)15-5-2-1-3-6-15;24-18-10-15(23(29)27-7-4-8-27)11-21(22(18)28)32(30,31)13-16-9-17(20(26)12-19(16)25)14-5-2-1-3-6-14;9-7(5-1-2-5)11-8(10)6-3-4-6/h1-3,5-6,11-14,16,30H,4,7-10H2;1-3,5-6,9-12,28H,4,7-8,13H2;5-6H,1-4H2. The number of aromatic hydroxyl groups is 1. The van der Waals surface area contributed by atoms with E-state index in [4.69, 9.17) is 27.9 Å². The van der Waals surface area contributed by atoms with Crippen LogP contribution in [0.15, 0.2) is 119 Å². The van der Waals surface area contributed by atoms with Gasteiger partial charge in [-0.05, 0) is 98.9 Å². The molecule has 23 heteroatoms. The average molecular weight is 1180 g/mol. The Bertz CT molecular complexity index is 3650. The molecule has 80 heavy (non-hydrogen) atoms. The molecule has 418 valence electrons. The van der Waals surface area contributed by atoms with Gasteiger partial charge in [-0.1, -0.05) is 83.9 Å². The molecule has 3 aliphatic carbocycles. The van der Waals surface area contributed by atoms with Crippen LogP contribution in [-0.2, 0) is 44.7 Å². The van der Waals surface area contributed by atoms with Crippen molar-refractivity contribution in [1.82, 2.24) is 9.80 Å². The van der Waals surface area contributed by atoms with Crippen LogP contribution < -0.4 is 9.46 Å². The highest BCUT2D eigenvalue weighted by molar-refractivity contribution is 7.92. The normalized spacial score (nSPS) is 15.6. The summed E-state index contributed by atoms with van der Waals surface area (Å²) in [5.74, 6) is -8.35. The van der Waals surface area contributed by atoms with E-state index in [-0.39, 0.29) is 67.6 Å². The Balaban J connectivity index is 0.000000163. The molecule has 0 radical (unpaired) electrons. The number of carbonyl (C=O) groups is 5. The van der Waals surface area contributed by atoms with Crippen LogP contribution in [-0.4, -0.2) is 87.6 Å². The zero-order valence-corrected chi connectivity index (χ0v) is 45.4. The van der Waals surface area contributed by atoms with Crippen LogP contribution in [0.5, 0.6) is 11.5 Å². The van der Waals surface area contributed by atoms with Gasteiger partial charge in [0.2, 0.25) is 0 Å². The van der Waals surface area contributed by atoms with Crippen LogP contribution in [0.2, 0.25) is 10.0 Å². The molecule has 2 heterocycles. The highest BCUT2D eigenvalue weighted by Crippen LogP contribution is 2.41. The van der Waals surface area contributed by atoms with Crippen molar-refractivity contribution in [3.8, 4) is 33.8 Å². The Hall–Kier alpha value is -7.33. The fourth-order valence-electron chi connectivity index (χ4n) is 8.23. The first-order chi connectivity index (χ1) is 38.1. The van der Waals surface area contributed by atoms with E-state index in [1.54, 1.807) is 60.7 Å². The number of rotatable bonds is 14. The zero-order valence-electron chi connectivity index (χ0n) is 42.2. The molecule has 2 saturated heterocycles. The number of nitrogens with one attached hydrogen (secondary N) is 1. The molecule has 0 bridgehead atoms. The Morgan fingerprint density at radius 1 is 0.562 bits per heavy atom. The first-order valence-corrected chi connectivity index (χ1v) is 29.2. The third kappa shape index (κ3) is 13.5. The fraction of sp³-hybridized carbons (Fsp3) is 0.281. The third-order valence-electron chi connectivity index (χ3n) is 13.5. The van der Waals surface area contributed by atoms with Gasteiger partial charge in [0, 0.05) is 66.1 Å². The number of benzene rings is 6. The van der Waals surface area contributed by atoms with Gasteiger partial charge in [0.15, 0.2) is 21.3 Å². The highest BCUT2D eigenvalue weighted by atomic mass is 35.5. The summed E-state index contributed by atoms with van der Waals surface area (Å²) in [5, 5.41) is 9.72. The van der Waals surface area contributed by atoms with E-state index in [2.05, 4.69) is 9.46 Å². The smallest absolute Gasteiger partial charge is 0.316 e. The van der Waals surface area contributed by atoms with Crippen molar-refractivity contribution in [2.75, 3.05) is 30.9 Å². The van der Waals surface area contributed by atoms with Gasteiger partial charge < -0.3 is 24.4 Å². The van der Waals surface area contributed by atoms with Crippen molar-refractivity contribution in [2.45, 2.75) is 66.9 Å². The SMILES string of the molecule is O=C(OC(=O)C1CC1)C1CC1.O=C(Oc1c(Cl)cc(C(=O)N2CCC2)cc1S(=O)(=O)Nc1cc(-c2ccccc2)c(F)cc1F)C1CC1.O=C(c1cc(Cl)c(O)c(S(=O)(=O)Cc2cc(-c3ccccc3)c(F)cc2F)c1)N1CCC1. The Morgan fingerprint density at radius 3 is 1.49 bits per heavy atom. The number of esters is 3. The molecule has 2 aliphatic heterocycles. The average Bonchev–Trinajstić information content (AvgIpc) is 4.22. The lowest BCUT2D eigenvalue weighted by Crippen LogP contribution is -2.42. The van der Waals surface area contributed by atoms with E-state index >= 15 is 0 Å². The lowest BCUT2D eigenvalue weighted by molar-refractivity contribution is -0.161. The summed E-state index contributed by atoms with van der Waals surface area (Å²) in [6.45, 7) is 2.11. The van der Waals surface area contributed by atoms with E-state index in [0.717, 1.165) is 62.8 Å². The van der Waals surface area contributed by atoms with E-state index < -0.39 is 93.6 Å². The molecule has 0 unspecified atom stereocenters. The first kappa shape index (κ1) is 57.4. The van der Waals surface area contributed by atoms with Crippen molar-refractivity contribution in [3.05, 3.63) is 159 Å². The number of hydrogen-bond acceptors (Lipinski definition) is 12. The second-order valence-corrected chi connectivity index (χ2v) is 24.1. The summed E-state index contributed by atoms with van der Waals surface area (Å²) < 4.78 is 123. The second kappa shape index (κ2) is 23.8. The van der Waals surface area contributed by atoms with Crippen LogP contribution in [0.1, 0.15) is 77.6 Å². The fourth-order valence-corrected chi connectivity index (χ4v) is 11.5. The topological polar surface area (TPSA) is 211 Å². The number of likely N-dealkylation sites (tertiary alicyclic amines) is 2. The molecule has 11 rings (SSSR count).